The summed E-state index contributed by atoms with van der Waals surface area (Å²) in [4.78, 5) is 52.3. The van der Waals surface area contributed by atoms with Crippen molar-refractivity contribution in [2.75, 3.05) is 30.5 Å². The number of halogens is 6. The van der Waals surface area contributed by atoms with Crippen LogP contribution in [0.15, 0.2) is 104 Å². The number of carbonyl (C=O) groups is 2. The Labute approximate surface area is 367 Å². The molecule has 23 heteroatoms. The van der Waals surface area contributed by atoms with Gasteiger partial charge >= 0.3 is 24.4 Å². The molecule has 336 valence electrons. The van der Waals surface area contributed by atoms with Crippen molar-refractivity contribution in [2.24, 2.45) is 0 Å². The van der Waals surface area contributed by atoms with Crippen LogP contribution in [0.1, 0.15) is 50.5 Å². The number of amides is 2. The van der Waals surface area contributed by atoms with E-state index in [2.05, 4.69) is 50.7 Å². The number of imidazole rings is 2. The van der Waals surface area contributed by atoms with Crippen molar-refractivity contribution in [3.8, 4) is 34.5 Å². The van der Waals surface area contributed by atoms with Crippen LogP contribution in [-0.2, 0) is 23.5 Å². The highest BCUT2D eigenvalue weighted by Gasteiger charge is 2.35. The first-order valence-corrected chi connectivity index (χ1v) is 20.0. The van der Waals surface area contributed by atoms with Crippen molar-refractivity contribution < 1.29 is 50.1 Å². The quantitative estimate of drug-likeness (QED) is 0.0858. The van der Waals surface area contributed by atoms with Crippen molar-refractivity contribution in [1.29, 1.82) is 0 Å². The van der Waals surface area contributed by atoms with Crippen molar-refractivity contribution >= 4 is 34.7 Å². The lowest BCUT2D eigenvalue weighted by Gasteiger charge is -2.14. The molecule has 2 aromatic carbocycles. The maximum atomic E-state index is 14.2. The highest BCUT2D eigenvalue weighted by atomic mass is 19.4. The molecule has 0 aliphatic carbocycles. The molecule has 66 heavy (non-hydrogen) atoms. The van der Waals surface area contributed by atoms with Gasteiger partial charge in [-0.1, -0.05) is 36.4 Å². The van der Waals surface area contributed by atoms with Crippen LogP contribution in [-0.4, -0.2) is 86.9 Å². The number of hydrogen-bond acceptors (Lipinski definition) is 13. The van der Waals surface area contributed by atoms with Gasteiger partial charge in [-0.05, 0) is 60.9 Å². The Morgan fingerprint density at radius 1 is 0.712 bits per heavy atom. The molecular formula is C43H32F6N12O5. The zero-order valence-electron chi connectivity index (χ0n) is 33.9. The topological polar surface area (TPSA) is 198 Å². The third kappa shape index (κ3) is 9.27. The summed E-state index contributed by atoms with van der Waals surface area (Å²) in [6.07, 6.45) is -3.36. The summed E-state index contributed by atoms with van der Waals surface area (Å²) >= 11 is 0. The summed E-state index contributed by atoms with van der Waals surface area (Å²) in [6, 6.07) is 16.8. The number of ether oxygens (including phenoxy) is 3. The molecule has 1 aliphatic heterocycles. The molecule has 1 unspecified atom stereocenters. The van der Waals surface area contributed by atoms with E-state index in [0.717, 1.165) is 16.6 Å². The predicted octanol–water partition coefficient (Wildman–Crippen LogP) is 7.41. The zero-order chi connectivity index (χ0) is 46.0. The minimum absolute atomic E-state index is 0.0136. The minimum atomic E-state index is -4.72. The van der Waals surface area contributed by atoms with Gasteiger partial charge in [-0.2, -0.15) is 46.5 Å². The van der Waals surface area contributed by atoms with Crippen molar-refractivity contribution in [2.45, 2.75) is 37.7 Å². The molecule has 8 aromatic rings. The average molecular weight is 911 g/mol. The SMILES string of the molecule is O=C(Nc1ccnc(OCCCc2cc(-c3ccccc3C(F)(F)F)nn3c(C(=O)Nc4ccnc(OC5CCOC5)n4)cnc23)n1)c1cnc2ccc(-c3ccccc3C(F)(F)F)nn12. The molecule has 2 amide bonds. The third-order valence-electron chi connectivity index (χ3n) is 10.1. The van der Waals surface area contributed by atoms with Crippen LogP contribution in [0, 0.1) is 0 Å². The van der Waals surface area contributed by atoms with Crippen LogP contribution in [0.4, 0.5) is 38.0 Å². The van der Waals surface area contributed by atoms with Gasteiger partial charge in [-0.3, -0.25) is 9.59 Å². The molecular weight excluding hydrogens is 879 g/mol. The van der Waals surface area contributed by atoms with Crippen LogP contribution >= 0.6 is 0 Å². The first-order chi connectivity index (χ1) is 31.8. The molecule has 2 N–H and O–H groups in total. The van der Waals surface area contributed by atoms with Crippen LogP contribution in [0.25, 0.3) is 33.8 Å². The van der Waals surface area contributed by atoms with Crippen molar-refractivity contribution in [1.82, 2.24) is 49.1 Å². The van der Waals surface area contributed by atoms with E-state index in [4.69, 9.17) is 14.2 Å². The largest absolute Gasteiger partial charge is 0.463 e. The number of carbonyl (C=O) groups excluding carboxylic acids is 2. The number of aryl methyl sites for hydroxylation is 1. The maximum absolute atomic E-state index is 14.2. The molecule has 0 spiro atoms. The fourth-order valence-corrected chi connectivity index (χ4v) is 7.07. The smallest absolute Gasteiger partial charge is 0.417 e. The predicted molar refractivity (Wildman–Crippen MR) is 220 cm³/mol. The number of nitrogens with one attached hydrogen (secondary N) is 2. The fraction of sp³-hybridized carbons (Fsp3) is 0.209. The number of benzene rings is 2. The first-order valence-electron chi connectivity index (χ1n) is 20.0. The monoisotopic (exact) mass is 910 g/mol. The number of nitrogens with zero attached hydrogens (tertiary/aromatic N) is 10. The van der Waals surface area contributed by atoms with Gasteiger partial charge < -0.3 is 24.8 Å². The van der Waals surface area contributed by atoms with Crippen LogP contribution in [0.5, 0.6) is 12.0 Å². The lowest BCUT2D eigenvalue weighted by molar-refractivity contribution is -0.137. The Bertz CT molecular complexity index is 3100. The normalized spacial score (nSPS) is 14.1. The van der Waals surface area contributed by atoms with Crippen LogP contribution < -0.4 is 20.1 Å². The van der Waals surface area contributed by atoms with Gasteiger partial charge in [-0.15, -0.1) is 0 Å². The third-order valence-corrected chi connectivity index (χ3v) is 10.1. The van der Waals surface area contributed by atoms with E-state index in [9.17, 15) is 35.9 Å². The van der Waals surface area contributed by atoms with Gasteiger partial charge in [0.15, 0.2) is 22.7 Å². The zero-order valence-corrected chi connectivity index (χ0v) is 33.9. The van der Waals surface area contributed by atoms with Gasteiger partial charge in [0, 0.05) is 29.9 Å². The fourth-order valence-electron chi connectivity index (χ4n) is 7.07. The number of alkyl halides is 6. The van der Waals surface area contributed by atoms with Crippen molar-refractivity contribution in [3.05, 3.63) is 132 Å². The number of rotatable bonds is 13. The van der Waals surface area contributed by atoms with Crippen LogP contribution in [0.3, 0.4) is 0 Å². The Morgan fingerprint density at radius 2 is 1.32 bits per heavy atom. The number of aromatic nitrogens is 10. The van der Waals surface area contributed by atoms with Gasteiger partial charge in [0.05, 0.1) is 54.7 Å². The average Bonchev–Trinajstić information content (AvgIpc) is 4.08. The molecule has 17 nitrogen and oxygen atoms in total. The number of fused-ring (bicyclic) bond motifs is 2. The molecule has 1 fully saturated rings. The number of hydrogen-bond donors (Lipinski definition) is 2. The summed E-state index contributed by atoms with van der Waals surface area (Å²) in [7, 11) is 0. The number of anilines is 2. The summed E-state index contributed by atoms with van der Waals surface area (Å²) in [5, 5.41) is 14.0. The Kier molecular flexibility index (Phi) is 11.7. The summed E-state index contributed by atoms with van der Waals surface area (Å²) in [6.45, 7) is 0.887. The molecule has 0 saturated carbocycles. The van der Waals surface area contributed by atoms with Crippen LogP contribution in [0.2, 0.25) is 0 Å². The Balaban J connectivity index is 0.912. The molecule has 6 aromatic heterocycles. The standard InChI is InChI=1S/C43H32F6N12O5/c44-42(45,46)28-9-3-1-7-26(28)30-11-12-36-52-21-32(60(36)58-30)38(62)54-34-13-16-50-40(56-34)65-18-5-6-24-20-31(27-8-2-4-10-29(27)43(47,48)49)59-61-33(22-53-37(24)61)39(63)55-35-14-17-51-41(57-35)66-25-15-19-64-23-25/h1-4,7-14,16-17,20-22,25H,5-6,15,18-19,23H2,(H,50,54,56,62)(H,51,55,57,63). The second kappa shape index (κ2) is 17.8. The van der Waals surface area contributed by atoms with Gasteiger partial charge in [0.25, 0.3) is 11.8 Å². The second-order valence-corrected chi connectivity index (χ2v) is 14.6. The van der Waals surface area contributed by atoms with Gasteiger partial charge in [0.2, 0.25) is 0 Å². The van der Waals surface area contributed by atoms with E-state index in [1.807, 2.05) is 0 Å². The molecule has 1 saturated heterocycles. The van der Waals surface area contributed by atoms with E-state index in [0.29, 0.717) is 25.2 Å². The molecule has 7 heterocycles. The Hall–Kier alpha value is -8.08. The highest BCUT2D eigenvalue weighted by Crippen LogP contribution is 2.38. The lowest BCUT2D eigenvalue weighted by atomic mass is 10.0. The van der Waals surface area contributed by atoms with E-state index in [1.54, 1.807) is 0 Å². The summed E-state index contributed by atoms with van der Waals surface area (Å²) in [5.41, 5.74) is -1.71. The Morgan fingerprint density at radius 3 is 1.98 bits per heavy atom. The summed E-state index contributed by atoms with van der Waals surface area (Å²) < 4.78 is 103. The van der Waals surface area contributed by atoms with E-state index in [-0.39, 0.29) is 94.4 Å². The molecule has 1 atom stereocenters. The van der Waals surface area contributed by atoms with E-state index >= 15 is 0 Å². The maximum Gasteiger partial charge on any atom is 0.417 e. The van der Waals surface area contributed by atoms with Gasteiger partial charge in [-0.25, -0.2) is 29.0 Å². The first kappa shape index (κ1) is 43.2. The molecule has 0 bridgehead atoms. The van der Waals surface area contributed by atoms with Crippen molar-refractivity contribution in [3.63, 3.8) is 0 Å². The second-order valence-electron chi connectivity index (χ2n) is 14.6. The molecule has 9 rings (SSSR count). The molecule has 1 aliphatic rings. The minimum Gasteiger partial charge on any atom is -0.463 e. The van der Waals surface area contributed by atoms with Gasteiger partial charge in [0.1, 0.15) is 17.7 Å². The lowest BCUT2D eigenvalue weighted by Crippen LogP contribution is -2.19. The van der Waals surface area contributed by atoms with E-state index < -0.39 is 35.3 Å². The highest BCUT2D eigenvalue weighted by molar-refractivity contribution is 6.03. The van der Waals surface area contributed by atoms with E-state index in [1.165, 1.54) is 96.0 Å². The summed E-state index contributed by atoms with van der Waals surface area (Å²) in [5.74, 6) is -1.34. The molecule has 0 radical (unpaired) electrons.